The third kappa shape index (κ3) is 2.58. The summed E-state index contributed by atoms with van der Waals surface area (Å²) in [7, 11) is -3.71. The van der Waals surface area contributed by atoms with E-state index in [0.29, 0.717) is 5.92 Å². The maximum absolute atomic E-state index is 12.0. The average molecular weight is 256 g/mol. The second kappa shape index (κ2) is 4.62. The quantitative estimate of drug-likeness (QED) is 0.838. The van der Waals surface area contributed by atoms with Gasteiger partial charge in [-0.3, -0.25) is 4.79 Å². The first-order valence-electron chi connectivity index (χ1n) is 5.70. The summed E-state index contributed by atoms with van der Waals surface area (Å²) in [5.74, 6) is 0.396. The minimum absolute atomic E-state index is 0.117. The fourth-order valence-corrected chi connectivity index (χ4v) is 3.32. The number of hydrogen-bond donors (Lipinski definition) is 2. The summed E-state index contributed by atoms with van der Waals surface area (Å²) >= 11 is 0. The largest absolute Gasteiger partial charge is 0.366 e. The van der Waals surface area contributed by atoms with Crippen molar-refractivity contribution in [2.75, 3.05) is 0 Å². The predicted octanol–water partition coefficient (Wildman–Crippen LogP) is 0.842. The summed E-state index contributed by atoms with van der Waals surface area (Å²) in [6.07, 6.45) is 5.89. The molecule has 1 aliphatic rings. The second-order valence-corrected chi connectivity index (χ2v) is 6.16. The summed E-state index contributed by atoms with van der Waals surface area (Å²) in [6, 6.07) is 1.09. The van der Waals surface area contributed by atoms with Crippen molar-refractivity contribution >= 4 is 10.0 Å². The molecule has 1 heterocycles. The Morgan fingerprint density at radius 2 is 2.18 bits per heavy atom. The summed E-state index contributed by atoms with van der Waals surface area (Å²) in [6.45, 7) is 1.85. The number of aromatic amines is 1. The van der Waals surface area contributed by atoms with E-state index in [1.807, 2.05) is 6.92 Å². The van der Waals surface area contributed by atoms with Crippen LogP contribution in [0.2, 0.25) is 0 Å². The Bertz CT molecular complexity index is 546. The van der Waals surface area contributed by atoms with Crippen molar-refractivity contribution in [2.24, 2.45) is 5.92 Å². The second-order valence-electron chi connectivity index (χ2n) is 4.47. The predicted molar refractivity (Wildman–Crippen MR) is 64.2 cm³/mol. The van der Waals surface area contributed by atoms with E-state index in [4.69, 9.17) is 0 Å². The van der Waals surface area contributed by atoms with Gasteiger partial charge in [-0.15, -0.1) is 0 Å². The Morgan fingerprint density at radius 1 is 1.47 bits per heavy atom. The smallest absolute Gasteiger partial charge is 0.246 e. The van der Waals surface area contributed by atoms with E-state index in [2.05, 4.69) is 9.71 Å². The van der Waals surface area contributed by atoms with Crippen molar-refractivity contribution in [3.8, 4) is 0 Å². The maximum atomic E-state index is 12.0. The zero-order valence-corrected chi connectivity index (χ0v) is 10.5. The number of hydrogen-bond acceptors (Lipinski definition) is 3. The SMILES string of the molecule is CC(NS(=O)(=O)c1c[nH]ccc1=O)C1CCC1. The lowest BCUT2D eigenvalue weighted by atomic mass is 9.81. The van der Waals surface area contributed by atoms with Crippen LogP contribution in [0.5, 0.6) is 0 Å². The number of sulfonamides is 1. The fourth-order valence-electron chi connectivity index (χ4n) is 1.96. The van der Waals surface area contributed by atoms with Crippen molar-refractivity contribution in [2.45, 2.75) is 37.1 Å². The summed E-state index contributed by atoms with van der Waals surface area (Å²) < 4.78 is 26.5. The van der Waals surface area contributed by atoms with Crippen molar-refractivity contribution < 1.29 is 8.42 Å². The molecule has 17 heavy (non-hydrogen) atoms. The van der Waals surface area contributed by atoms with E-state index in [1.165, 1.54) is 18.5 Å². The minimum atomic E-state index is -3.71. The molecule has 1 aromatic rings. The van der Waals surface area contributed by atoms with E-state index in [0.717, 1.165) is 19.3 Å². The van der Waals surface area contributed by atoms with Crippen molar-refractivity contribution in [3.63, 3.8) is 0 Å². The molecule has 6 heteroatoms. The lowest BCUT2D eigenvalue weighted by Crippen LogP contribution is -2.41. The molecule has 94 valence electrons. The van der Waals surface area contributed by atoms with Crippen LogP contribution in [0.25, 0.3) is 0 Å². The fraction of sp³-hybridized carbons (Fsp3) is 0.545. The van der Waals surface area contributed by atoms with E-state index >= 15 is 0 Å². The molecule has 1 fully saturated rings. The molecular weight excluding hydrogens is 240 g/mol. The number of H-pyrrole nitrogens is 1. The average Bonchev–Trinajstić information content (AvgIpc) is 2.13. The van der Waals surface area contributed by atoms with Gasteiger partial charge in [0.15, 0.2) is 0 Å². The topological polar surface area (TPSA) is 79.0 Å². The van der Waals surface area contributed by atoms with Crippen LogP contribution in [0, 0.1) is 5.92 Å². The van der Waals surface area contributed by atoms with Gasteiger partial charge in [0.2, 0.25) is 15.5 Å². The Hall–Kier alpha value is -1.14. The Balaban J connectivity index is 2.19. The van der Waals surface area contributed by atoms with Gasteiger partial charge in [-0.05, 0) is 25.7 Å². The van der Waals surface area contributed by atoms with Crippen molar-refractivity contribution in [1.82, 2.24) is 9.71 Å². The van der Waals surface area contributed by atoms with Crippen LogP contribution in [0.15, 0.2) is 28.2 Å². The molecule has 0 spiro atoms. The number of pyridine rings is 1. The van der Waals surface area contributed by atoms with E-state index in [-0.39, 0.29) is 10.9 Å². The van der Waals surface area contributed by atoms with Gasteiger partial charge >= 0.3 is 0 Å². The molecule has 1 aromatic heterocycles. The molecule has 0 aliphatic heterocycles. The molecular formula is C11H16N2O3S. The normalized spacial score (nSPS) is 18.6. The van der Waals surface area contributed by atoms with Crippen LogP contribution >= 0.6 is 0 Å². The van der Waals surface area contributed by atoms with Gasteiger partial charge in [-0.1, -0.05) is 6.42 Å². The lowest BCUT2D eigenvalue weighted by molar-refractivity contribution is 0.260. The van der Waals surface area contributed by atoms with Crippen LogP contribution in [-0.4, -0.2) is 19.4 Å². The first-order chi connectivity index (χ1) is 8.00. The van der Waals surface area contributed by atoms with Crippen LogP contribution in [0.3, 0.4) is 0 Å². The van der Waals surface area contributed by atoms with Crippen molar-refractivity contribution in [1.29, 1.82) is 0 Å². The van der Waals surface area contributed by atoms with E-state index < -0.39 is 15.5 Å². The molecule has 0 amide bonds. The van der Waals surface area contributed by atoms with Gasteiger partial charge in [0.25, 0.3) is 0 Å². The zero-order valence-electron chi connectivity index (χ0n) is 9.64. The molecule has 1 atom stereocenters. The molecule has 1 unspecified atom stereocenters. The molecule has 1 saturated carbocycles. The molecule has 2 rings (SSSR count). The first-order valence-corrected chi connectivity index (χ1v) is 7.18. The van der Waals surface area contributed by atoms with Crippen LogP contribution in [0.4, 0.5) is 0 Å². The molecule has 0 saturated heterocycles. The van der Waals surface area contributed by atoms with Gasteiger partial charge in [0, 0.05) is 24.5 Å². The number of nitrogens with one attached hydrogen (secondary N) is 2. The zero-order chi connectivity index (χ0) is 12.5. The summed E-state index contributed by atoms with van der Waals surface area (Å²) in [4.78, 5) is 13.9. The van der Waals surface area contributed by atoms with E-state index in [9.17, 15) is 13.2 Å². The van der Waals surface area contributed by atoms with Crippen LogP contribution in [0.1, 0.15) is 26.2 Å². The lowest BCUT2D eigenvalue weighted by Gasteiger charge is -2.31. The van der Waals surface area contributed by atoms with Gasteiger partial charge < -0.3 is 4.98 Å². The Kier molecular flexibility index (Phi) is 3.35. The third-order valence-corrected chi connectivity index (χ3v) is 4.86. The van der Waals surface area contributed by atoms with E-state index in [1.54, 1.807) is 0 Å². The number of rotatable bonds is 4. The summed E-state index contributed by atoms with van der Waals surface area (Å²) in [5.41, 5.74) is -0.489. The molecule has 5 nitrogen and oxygen atoms in total. The van der Waals surface area contributed by atoms with Gasteiger partial charge in [0.05, 0.1) is 0 Å². The van der Waals surface area contributed by atoms with Gasteiger partial charge in [-0.2, -0.15) is 0 Å². The highest BCUT2D eigenvalue weighted by Gasteiger charge is 2.28. The molecule has 0 radical (unpaired) electrons. The van der Waals surface area contributed by atoms with Gasteiger partial charge in [-0.25, -0.2) is 13.1 Å². The third-order valence-electron chi connectivity index (χ3n) is 3.28. The molecule has 2 N–H and O–H groups in total. The highest BCUT2D eigenvalue weighted by molar-refractivity contribution is 7.89. The highest BCUT2D eigenvalue weighted by Crippen LogP contribution is 2.29. The van der Waals surface area contributed by atoms with Crippen molar-refractivity contribution in [3.05, 3.63) is 28.7 Å². The van der Waals surface area contributed by atoms with Crippen LogP contribution < -0.4 is 10.2 Å². The standard InChI is InChI=1S/C11H16N2O3S/c1-8(9-3-2-4-9)13-17(15,16)11-7-12-6-5-10(11)14/h5-9,13H,2-4H2,1H3,(H,12,14). The maximum Gasteiger partial charge on any atom is 0.246 e. The number of aromatic nitrogens is 1. The molecule has 0 aromatic carbocycles. The minimum Gasteiger partial charge on any atom is -0.366 e. The monoisotopic (exact) mass is 256 g/mol. The molecule has 1 aliphatic carbocycles. The molecule has 0 bridgehead atoms. The van der Waals surface area contributed by atoms with Crippen LogP contribution in [-0.2, 0) is 10.0 Å². The first kappa shape index (κ1) is 12.3. The highest BCUT2D eigenvalue weighted by atomic mass is 32.2. The van der Waals surface area contributed by atoms with Gasteiger partial charge in [0.1, 0.15) is 4.90 Å². The summed E-state index contributed by atoms with van der Waals surface area (Å²) in [5, 5.41) is 0. The Morgan fingerprint density at radius 3 is 2.71 bits per heavy atom. The Labute approximate surface area is 100 Å².